The summed E-state index contributed by atoms with van der Waals surface area (Å²) in [7, 11) is 1.00. The molecule has 75 heavy (non-hydrogen) atoms. The predicted molar refractivity (Wildman–Crippen MR) is 287 cm³/mol. The summed E-state index contributed by atoms with van der Waals surface area (Å²) in [4.78, 5) is 71.1. The van der Waals surface area contributed by atoms with E-state index < -0.39 is 71.2 Å². The van der Waals surface area contributed by atoms with Gasteiger partial charge in [-0.1, -0.05) is 96.2 Å². The van der Waals surface area contributed by atoms with Crippen molar-refractivity contribution >= 4 is 51.4 Å². The van der Waals surface area contributed by atoms with Crippen LogP contribution in [0.4, 0.5) is 17.1 Å². The number of hydrogen-bond donors (Lipinski definition) is 5. The first kappa shape index (κ1) is 55.9. The number of rotatable bonds is 7. The number of phenolic OH excluding ortho intramolecular Hbond substituents is 2. The molecule has 4 aromatic carbocycles. The largest absolute Gasteiger partial charge is 0.507 e. The number of likely N-dealkylation sites (tertiary alicyclic amines) is 1. The highest BCUT2D eigenvalue weighted by Gasteiger charge is 2.50. The van der Waals surface area contributed by atoms with E-state index in [1.807, 2.05) is 70.2 Å². The average Bonchev–Trinajstić information content (AvgIpc) is 3.89. The highest BCUT2D eigenvalue weighted by atomic mass is 16.7. The highest BCUT2D eigenvalue weighted by molar-refractivity contribution is 6.19. The Morgan fingerprint density at radius 1 is 0.893 bits per heavy atom. The number of anilines is 3. The van der Waals surface area contributed by atoms with Gasteiger partial charge in [-0.2, -0.15) is 0 Å². The number of nitrogens with zero attached hydrogens (tertiary/aromatic N) is 4. The Hall–Kier alpha value is -6.88. The summed E-state index contributed by atoms with van der Waals surface area (Å²) in [5, 5.41) is 46.5. The van der Waals surface area contributed by atoms with Crippen LogP contribution in [-0.4, -0.2) is 99.3 Å². The number of benzene rings is 4. The molecule has 400 valence electrons. The van der Waals surface area contributed by atoms with Gasteiger partial charge in [-0.25, -0.2) is 0 Å². The number of aromatic hydroxyl groups is 2. The van der Waals surface area contributed by atoms with Crippen LogP contribution >= 0.6 is 0 Å². The first-order chi connectivity index (χ1) is 35.7. The molecular weight excluding hydrogens is 955 g/mol. The van der Waals surface area contributed by atoms with E-state index in [9.17, 15) is 34.5 Å². The average molecular weight is 1030 g/mol. The first-order valence-corrected chi connectivity index (χ1v) is 26.0. The first-order valence-electron chi connectivity index (χ1n) is 26.0. The number of carbonyl (C=O) groups excluding carboxylic acids is 4. The lowest BCUT2D eigenvalue weighted by molar-refractivity contribution is -0.159. The number of aliphatic hydroxyl groups excluding tert-OH is 2. The predicted octanol–water partition coefficient (Wildman–Crippen LogP) is 8.50. The molecule has 1 spiro atoms. The van der Waals surface area contributed by atoms with Crippen LogP contribution in [0.25, 0.3) is 10.8 Å². The monoisotopic (exact) mass is 1030 g/mol. The smallest absolute Gasteiger partial charge is 0.315 e. The number of nitrogens with one attached hydrogen (secondary N) is 1. The van der Waals surface area contributed by atoms with Gasteiger partial charge in [-0.05, 0) is 80.7 Å². The van der Waals surface area contributed by atoms with Gasteiger partial charge in [-0.15, -0.1) is 0 Å². The van der Waals surface area contributed by atoms with Crippen molar-refractivity contribution in [2.45, 2.75) is 118 Å². The minimum atomic E-state index is -1.94. The molecule has 5 heterocycles. The number of piperidine rings is 1. The van der Waals surface area contributed by atoms with Crippen molar-refractivity contribution in [3.63, 3.8) is 0 Å². The van der Waals surface area contributed by atoms with E-state index in [2.05, 4.69) is 24.1 Å². The Balaban J connectivity index is 0.00000405. The topological polar surface area (TPSA) is 220 Å². The number of ether oxygens (including phenoxy) is 3. The molecule has 5 N–H and O–H groups in total. The van der Waals surface area contributed by atoms with Crippen LogP contribution in [0.3, 0.4) is 0 Å². The van der Waals surface area contributed by atoms with Gasteiger partial charge in [0.15, 0.2) is 11.4 Å². The van der Waals surface area contributed by atoms with Crippen LogP contribution in [0.2, 0.25) is 0 Å². The molecular formula is C59H73N5O11. The van der Waals surface area contributed by atoms with Crippen molar-refractivity contribution in [2.24, 2.45) is 39.6 Å². The van der Waals surface area contributed by atoms with Crippen LogP contribution in [0.15, 0.2) is 107 Å². The van der Waals surface area contributed by atoms with E-state index in [4.69, 9.17) is 29.3 Å². The number of hydrogen-bond acceptors (Lipinski definition) is 14. The van der Waals surface area contributed by atoms with Crippen LogP contribution in [0.1, 0.15) is 103 Å². The van der Waals surface area contributed by atoms with Gasteiger partial charge in [0.25, 0.3) is 11.7 Å². The van der Waals surface area contributed by atoms with Gasteiger partial charge < -0.3 is 44.9 Å². The third kappa shape index (κ3) is 11.7. The van der Waals surface area contributed by atoms with Gasteiger partial charge in [-0.3, -0.25) is 34.1 Å². The van der Waals surface area contributed by atoms with Crippen molar-refractivity contribution in [3.05, 3.63) is 119 Å². The Morgan fingerprint density at radius 3 is 2.12 bits per heavy atom. The summed E-state index contributed by atoms with van der Waals surface area (Å²) >= 11 is 0. The lowest BCUT2D eigenvalue weighted by Crippen LogP contribution is -2.43. The Labute approximate surface area is 439 Å². The number of allylic oxidation sites excluding steroid dienone is 4. The molecule has 0 aliphatic carbocycles. The molecule has 0 aromatic heterocycles. The summed E-state index contributed by atoms with van der Waals surface area (Å²) in [5.74, 6) is -5.97. The summed E-state index contributed by atoms with van der Waals surface area (Å²) in [6, 6.07) is 18.1. The molecule has 0 saturated carbocycles. The van der Waals surface area contributed by atoms with Crippen molar-refractivity contribution in [1.82, 2.24) is 4.90 Å². The van der Waals surface area contributed by atoms with E-state index in [1.165, 1.54) is 18.1 Å². The molecule has 0 radical (unpaired) electrons. The fraction of sp³-hybridized carbons (Fsp3) is 0.458. The zero-order valence-electron chi connectivity index (χ0n) is 44.8. The fourth-order valence-corrected chi connectivity index (χ4v) is 10.8. The molecule has 1 unspecified atom stereocenters. The fourth-order valence-electron chi connectivity index (χ4n) is 10.8. The molecule has 2 amide bonds. The minimum absolute atomic E-state index is 0.0248. The molecule has 9 rings (SSSR count). The molecule has 4 aromatic rings. The van der Waals surface area contributed by atoms with Crippen LogP contribution in [0.5, 0.6) is 17.2 Å². The third-order valence-corrected chi connectivity index (χ3v) is 14.8. The molecule has 16 nitrogen and oxygen atoms in total. The molecule has 5 bridgehead atoms. The van der Waals surface area contributed by atoms with Gasteiger partial charge in [0, 0.05) is 80.3 Å². The maximum atomic E-state index is 14.9. The lowest BCUT2D eigenvalue weighted by atomic mass is 9.80. The number of amides is 2. The SMILES string of the molecule is C/C1=C/C=C/C(C)C[C@@H](C)[C@@H](O)[C@@H](C)[C@H](OC(=O)CC(=O)N(c2ccccc2)c2ccccc2)[C@H](C)C/C=C/O[C@@]2(C)Oc3c(C)c(O)c4c(O)c(c5c(c4c3C2=O)=NC2(CCN(CC(C)C)CC2)N=5)NC1=O.CO. The van der Waals surface area contributed by atoms with Crippen molar-refractivity contribution in [3.8, 4) is 17.2 Å². The number of para-hydroxylation sites is 2. The van der Waals surface area contributed by atoms with E-state index in [-0.39, 0.29) is 68.1 Å². The number of carbonyl (C=O) groups is 4. The number of ketones is 1. The standard InChI is InChI=1S/C58H69N5O10.CH4O/c1-33(2)32-62-27-25-58(26-28-62)60-47-44-45-51(67)39(8)54-46(44)55(69)57(9,73-54)71-29-17-20-35(4)53(72-43(65)31-42(64)63(40-21-12-10-13-22-40)41-23-14-11-15-24-41)38(7)50(66)37(6)30-34(3)18-16-19-36(5)56(70)59-49(52(45)68)48(47)61-58;1-2/h10-19,21-24,29,33-35,37-38,50,53,66-68H,20,25-28,30-32H2,1-9H3,(H,59,70);2H,1H3/b18-16+,29-17+,36-19-;/t34?,35-,37-,38-,50-,53-,57+;/m1./s1. The Morgan fingerprint density at radius 2 is 1.51 bits per heavy atom. The minimum Gasteiger partial charge on any atom is -0.507 e. The van der Waals surface area contributed by atoms with Gasteiger partial charge in [0.05, 0.1) is 28.7 Å². The summed E-state index contributed by atoms with van der Waals surface area (Å²) in [6.07, 6.45) is 7.93. The van der Waals surface area contributed by atoms with Gasteiger partial charge >= 0.3 is 11.8 Å². The normalized spacial score (nSPS) is 26.3. The Kier molecular flexibility index (Phi) is 17.4. The van der Waals surface area contributed by atoms with Crippen molar-refractivity contribution in [2.75, 3.05) is 37.0 Å². The van der Waals surface area contributed by atoms with Crippen molar-refractivity contribution < 1.29 is 53.8 Å². The Bertz CT molecular complexity index is 2960. The molecule has 1 saturated heterocycles. The summed E-state index contributed by atoms with van der Waals surface area (Å²) in [6.45, 7) is 19.0. The second kappa shape index (κ2) is 23.3. The quantitative estimate of drug-likeness (QED) is 0.0669. The van der Waals surface area contributed by atoms with E-state index >= 15 is 0 Å². The number of aliphatic hydroxyl groups is 2. The maximum Gasteiger partial charge on any atom is 0.315 e. The highest BCUT2D eigenvalue weighted by Crippen LogP contribution is 2.50. The zero-order valence-corrected chi connectivity index (χ0v) is 44.8. The van der Waals surface area contributed by atoms with Gasteiger partial charge in [0.1, 0.15) is 35.1 Å². The van der Waals surface area contributed by atoms with Crippen LogP contribution in [0, 0.1) is 36.5 Å². The molecule has 5 aliphatic heterocycles. The number of esters is 1. The van der Waals surface area contributed by atoms with Crippen LogP contribution in [-0.2, 0) is 23.9 Å². The number of phenols is 2. The molecule has 7 atom stereocenters. The summed E-state index contributed by atoms with van der Waals surface area (Å²) in [5.41, 5.74) is 0.728. The van der Waals surface area contributed by atoms with Gasteiger partial charge in [0.2, 0.25) is 5.91 Å². The second-order valence-electron chi connectivity index (χ2n) is 21.1. The van der Waals surface area contributed by atoms with E-state index in [0.29, 0.717) is 55.2 Å². The van der Waals surface area contributed by atoms with E-state index in [0.717, 1.165) is 13.7 Å². The van der Waals surface area contributed by atoms with E-state index in [1.54, 1.807) is 56.3 Å². The summed E-state index contributed by atoms with van der Waals surface area (Å²) < 4.78 is 18.8. The zero-order chi connectivity index (χ0) is 54.5. The molecule has 1 fully saturated rings. The maximum absolute atomic E-state index is 14.9. The van der Waals surface area contributed by atoms with Crippen molar-refractivity contribution in [1.29, 1.82) is 0 Å². The molecule has 5 aliphatic rings. The third-order valence-electron chi connectivity index (χ3n) is 14.8. The number of fused-ring (bicyclic) bond motifs is 13. The number of Topliss-reactive ketones (excluding diaryl/α,β-unsaturated/α-hetero) is 1. The molecule has 16 heteroatoms. The van der Waals surface area contributed by atoms with Crippen LogP contribution < -0.4 is 25.7 Å². The lowest BCUT2D eigenvalue weighted by Gasteiger charge is -2.36. The second-order valence-corrected chi connectivity index (χ2v) is 21.1.